The van der Waals surface area contributed by atoms with Gasteiger partial charge in [-0.2, -0.15) is 0 Å². The van der Waals surface area contributed by atoms with Gasteiger partial charge in [-0.25, -0.2) is 0 Å². The number of benzene rings is 1. The van der Waals surface area contributed by atoms with Crippen molar-refractivity contribution in [3.05, 3.63) is 51.8 Å². The van der Waals surface area contributed by atoms with Crippen molar-refractivity contribution in [3.8, 4) is 5.75 Å². The average molecular weight is 337 g/mol. The van der Waals surface area contributed by atoms with E-state index in [1.807, 2.05) is 25.1 Å². The molecule has 0 aliphatic rings. The van der Waals surface area contributed by atoms with E-state index in [0.717, 1.165) is 27.9 Å². The topological polar surface area (TPSA) is 54.1 Å². The van der Waals surface area contributed by atoms with E-state index in [9.17, 15) is 4.79 Å². The van der Waals surface area contributed by atoms with Crippen molar-refractivity contribution in [2.24, 2.45) is 0 Å². The molecule has 2 rings (SSSR count). The van der Waals surface area contributed by atoms with Gasteiger partial charge in [-0.05, 0) is 36.2 Å². The highest BCUT2D eigenvalue weighted by Gasteiger charge is 2.11. The number of aromatic nitrogens is 1. The number of hydrogen-bond donors (Lipinski definition) is 2. The summed E-state index contributed by atoms with van der Waals surface area (Å²) in [5.41, 5.74) is 2.64. The van der Waals surface area contributed by atoms with Gasteiger partial charge in [-0.3, -0.25) is 4.79 Å². The average Bonchev–Trinajstić information content (AvgIpc) is 2.92. The first-order valence-electron chi connectivity index (χ1n) is 6.42. The maximum Gasteiger partial charge on any atom is 0.253 e. The first-order chi connectivity index (χ1) is 9.63. The minimum absolute atomic E-state index is 0.0676. The van der Waals surface area contributed by atoms with E-state index in [-0.39, 0.29) is 5.91 Å². The van der Waals surface area contributed by atoms with Crippen LogP contribution in [0.2, 0.25) is 0 Å². The van der Waals surface area contributed by atoms with Gasteiger partial charge in [0.05, 0.1) is 12.7 Å². The second kappa shape index (κ2) is 6.61. The number of rotatable bonds is 5. The Labute approximate surface area is 126 Å². The van der Waals surface area contributed by atoms with Crippen LogP contribution in [0, 0.1) is 0 Å². The quantitative estimate of drug-likeness (QED) is 0.880. The van der Waals surface area contributed by atoms with Crippen LogP contribution in [-0.4, -0.2) is 18.0 Å². The van der Waals surface area contributed by atoms with Crippen molar-refractivity contribution in [3.63, 3.8) is 0 Å². The van der Waals surface area contributed by atoms with Gasteiger partial charge in [0.15, 0.2) is 0 Å². The molecule has 0 aliphatic carbocycles. The number of H-pyrrole nitrogens is 1. The lowest BCUT2D eigenvalue weighted by Crippen LogP contribution is -2.23. The van der Waals surface area contributed by atoms with Crippen LogP contribution in [0.1, 0.15) is 28.5 Å². The molecule has 2 N–H and O–H groups in total. The molecule has 20 heavy (non-hydrogen) atoms. The van der Waals surface area contributed by atoms with Crippen molar-refractivity contribution in [2.45, 2.75) is 19.9 Å². The SMILES string of the molecule is CCc1[nH]ccc1C(=O)NCc1cc(Br)cc(OC)c1. The van der Waals surface area contributed by atoms with Crippen LogP contribution in [0.5, 0.6) is 5.75 Å². The molecule has 1 aromatic carbocycles. The molecule has 0 bridgehead atoms. The molecule has 0 spiro atoms. The van der Waals surface area contributed by atoms with Crippen molar-refractivity contribution < 1.29 is 9.53 Å². The largest absolute Gasteiger partial charge is 0.497 e. The van der Waals surface area contributed by atoms with Crippen molar-refractivity contribution >= 4 is 21.8 Å². The molecule has 0 saturated heterocycles. The molecular weight excluding hydrogens is 320 g/mol. The van der Waals surface area contributed by atoms with Crippen LogP contribution in [0.25, 0.3) is 0 Å². The van der Waals surface area contributed by atoms with Gasteiger partial charge in [0.25, 0.3) is 5.91 Å². The van der Waals surface area contributed by atoms with Crippen LogP contribution in [0.3, 0.4) is 0 Å². The normalized spacial score (nSPS) is 10.3. The van der Waals surface area contributed by atoms with Gasteiger partial charge >= 0.3 is 0 Å². The second-order valence-electron chi connectivity index (χ2n) is 4.41. The van der Waals surface area contributed by atoms with E-state index >= 15 is 0 Å². The minimum Gasteiger partial charge on any atom is -0.497 e. The van der Waals surface area contributed by atoms with E-state index in [0.29, 0.717) is 12.1 Å². The van der Waals surface area contributed by atoms with E-state index in [1.165, 1.54) is 0 Å². The van der Waals surface area contributed by atoms with Crippen molar-refractivity contribution in [1.82, 2.24) is 10.3 Å². The molecular formula is C15H17BrN2O2. The van der Waals surface area contributed by atoms with Gasteiger partial charge in [0, 0.05) is 22.9 Å². The highest BCUT2D eigenvalue weighted by molar-refractivity contribution is 9.10. The Balaban J connectivity index is 2.05. The summed E-state index contributed by atoms with van der Waals surface area (Å²) < 4.78 is 6.13. The Morgan fingerprint density at radius 2 is 2.20 bits per heavy atom. The fourth-order valence-corrected chi connectivity index (χ4v) is 2.55. The molecule has 0 saturated carbocycles. The number of ether oxygens (including phenoxy) is 1. The molecule has 0 aliphatic heterocycles. The Morgan fingerprint density at radius 1 is 1.40 bits per heavy atom. The Bertz CT molecular complexity index is 608. The maximum atomic E-state index is 12.1. The summed E-state index contributed by atoms with van der Waals surface area (Å²) in [6.07, 6.45) is 2.59. The van der Waals surface area contributed by atoms with Gasteiger partial charge in [-0.1, -0.05) is 22.9 Å². The third-order valence-corrected chi connectivity index (χ3v) is 3.51. The Kier molecular flexibility index (Phi) is 4.84. The number of aryl methyl sites for hydroxylation is 1. The molecule has 2 aromatic rings. The smallest absolute Gasteiger partial charge is 0.253 e. The first kappa shape index (κ1) is 14.7. The van der Waals surface area contributed by atoms with Crippen LogP contribution in [0.4, 0.5) is 0 Å². The molecule has 0 atom stereocenters. The van der Waals surface area contributed by atoms with Crippen LogP contribution < -0.4 is 10.1 Å². The molecule has 0 fully saturated rings. The van der Waals surface area contributed by atoms with Crippen LogP contribution in [-0.2, 0) is 13.0 Å². The highest BCUT2D eigenvalue weighted by atomic mass is 79.9. The zero-order valence-corrected chi connectivity index (χ0v) is 13.1. The number of amides is 1. The number of nitrogens with one attached hydrogen (secondary N) is 2. The predicted octanol–water partition coefficient (Wildman–Crippen LogP) is 3.28. The molecule has 1 amide bonds. The third kappa shape index (κ3) is 3.42. The third-order valence-electron chi connectivity index (χ3n) is 3.05. The summed E-state index contributed by atoms with van der Waals surface area (Å²) >= 11 is 3.42. The lowest BCUT2D eigenvalue weighted by Gasteiger charge is -2.08. The summed E-state index contributed by atoms with van der Waals surface area (Å²) in [6, 6.07) is 7.55. The molecule has 0 unspecified atom stereocenters. The van der Waals surface area contributed by atoms with E-state index < -0.39 is 0 Å². The molecule has 1 heterocycles. The zero-order valence-electron chi connectivity index (χ0n) is 11.5. The van der Waals surface area contributed by atoms with Gasteiger partial charge in [0.1, 0.15) is 5.75 Å². The predicted molar refractivity (Wildman–Crippen MR) is 82.0 cm³/mol. The van der Waals surface area contributed by atoms with Crippen LogP contribution >= 0.6 is 15.9 Å². The Hall–Kier alpha value is -1.75. The van der Waals surface area contributed by atoms with Crippen molar-refractivity contribution in [1.29, 1.82) is 0 Å². The monoisotopic (exact) mass is 336 g/mol. The maximum absolute atomic E-state index is 12.1. The molecule has 0 radical (unpaired) electrons. The minimum atomic E-state index is -0.0676. The zero-order chi connectivity index (χ0) is 14.5. The van der Waals surface area contributed by atoms with Crippen LogP contribution in [0.15, 0.2) is 34.9 Å². The summed E-state index contributed by atoms with van der Waals surface area (Å²) in [4.78, 5) is 15.2. The van der Waals surface area contributed by atoms with E-state index in [4.69, 9.17) is 4.74 Å². The standard InChI is InChI=1S/C15H17BrN2O2/c1-3-14-13(4-5-17-14)15(19)18-9-10-6-11(16)8-12(7-10)20-2/h4-8,17H,3,9H2,1-2H3,(H,18,19). The lowest BCUT2D eigenvalue weighted by molar-refractivity contribution is 0.0950. The number of halogens is 1. The summed E-state index contributed by atoms with van der Waals surface area (Å²) in [5.74, 6) is 0.696. The fraction of sp³-hybridized carbons (Fsp3) is 0.267. The first-order valence-corrected chi connectivity index (χ1v) is 7.21. The number of carbonyl (C=O) groups excluding carboxylic acids is 1. The number of hydrogen-bond acceptors (Lipinski definition) is 2. The van der Waals surface area contributed by atoms with Gasteiger partial charge < -0.3 is 15.0 Å². The van der Waals surface area contributed by atoms with Crippen molar-refractivity contribution in [2.75, 3.05) is 7.11 Å². The summed E-state index contributed by atoms with van der Waals surface area (Å²) in [5, 5.41) is 2.92. The summed E-state index contributed by atoms with van der Waals surface area (Å²) in [7, 11) is 1.62. The van der Waals surface area contributed by atoms with Gasteiger partial charge in [0.2, 0.25) is 0 Å². The summed E-state index contributed by atoms with van der Waals surface area (Å²) in [6.45, 7) is 2.48. The molecule has 106 valence electrons. The van der Waals surface area contributed by atoms with E-state index in [1.54, 1.807) is 19.4 Å². The Morgan fingerprint density at radius 3 is 2.90 bits per heavy atom. The lowest BCUT2D eigenvalue weighted by atomic mass is 10.1. The second-order valence-corrected chi connectivity index (χ2v) is 5.32. The number of methoxy groups -OCH3 is 1. The molecule has 4 nitrogen and oxygen atoms in total. The fourth-order valence-electron chi connectivity index (χ4n) is 2.03. The molecule has 5 heteroatoms. The van der Waals surface area contributed by atoms with Gasteiger partial charge in [-0.15, -0.1) is 0 Å². The number of aromatic amines is 1. The molecule has 1 aromatic heterocycles. The van der Waals surface area contributed by atoms with E-state index in [2.05, 4.69) is 26.2 Å². The highest BCUT2D eigenvalue weighted by Crippen LogP contribution is 2.21. The number of carbonyl (C=O) groups is 1.